The molecule has 0 aliphatic carbocycles. The average molecular weight is 622 g/mol. The quantitative estimate of drug-likeness (QED) is 0.167. The summed E-state index contributed by atoms with van der Waals surface area (Å²) in [5.41, 5.74) is 5.42. The van der Waals surface area contributed by atoms with Gasteiger partial charge in [0.15, 0.2) is 6.29 Å². The van der Waals surface area contributed by atoms with Crippen LogP contribution in [0.2, 0.25) is 0 Å². The predicted octanol–water partition coefficient (Wildman–Crippen LogP) is 6.64. The van der Waals surface area contributed by atoms with E-state index in [2.05, 4.69) is 28.3 Å². The van der Waals surface area contributed by atoms with Crippen LogP contribution >= 0.6 is 11.8 Å². The van der Waals surface area contributed by atoms with Gasteiger partial charge in [-0.2, -0.15) is 0 Å². The highest BCUT2D eigenvalue weighted by Crippen LogP contribution is 2.43. The van der Waals surface area contributed by atoms with Crippen LogP contribution in [0.3, 0.4) is 0 Å². The van der Waals surface area contributed by atoms with Crippen LogP contribution in [-0.4, -0.2) is 39.9 Å². The normalized spacial score (nSPS) is 19.7. The van der Waals surface area contributed by atoms with Crippen molar-refractivity contribution in [3.05, 3.63) is 131 Å². The number of rotatable bonds is 10. The van der Waals surface area contributed by atoms with E-state index in [4.69, 9.17) is 14.2 Å². The molecular weight excluding hydrogens is 586 g/mol. The van der Waals surface area contributed by atoms with Gasteiger partial charge in [0, 0.05) is 28.7 Å². The maximum atomic E-state index is 12.8. The highest BCUT2D eigenvalue weighted by atomic mass is 32.2. The molecule has 2 N–H and O–H groups in total. The lowest BCUT2D eigenvalue weighted by Gasteiger charge is -2.41. The fourth-order valence-electron chi connectivity index (χ4n) is 5.35. The number of carbonyl (C=O) groups excluding carboxylic acids is 1. The molecule has 0 spiro atoms. The minimum Gasteiger partial charge on any atom is -0.496 e. The lowest BCUT2D eigenvalue weighted by atomic mass is 9.91. The van der Waals surface area contributed by atoms with Gasteiger partial charge in [0.1, 0.15) is 11.4 Å². The van der Waals surface area contributed by atoms with Crippen LogP contribution in [0.15, 0.2) is 108 Å². The second-order valence-corrected chi connectivity index (χ2v) is 12.0. The van der Waals surface area contributed by atoms with E-state index >= 15 is 0 Å². The zero-order valence-corrected chi connectivity index (χ0v) is 25.9. The number of hydrogen-bond acceptors (Lipinski definition) is 8. The van der Waals surface area contributed by atoms with Crippen molar-refractivity contribution in [3.63, 3.8) is 0 Å². The summed E-state index contributed by atoms with van der Waals surface area (Å²) in [5, 5.41) is 12.5. The van der Waals surface area contributed by atoms with E-state index in [1.54, 1.807) is 18.9 Å². The van der Waals surface area contributed by atoms with Crippen molar-refractivity contribution in [1.29, 1.82) is 0 Å². The standard InChI is InChI=1S/C36H35N3O5S/c1-23-32(22-45-33-10-6-5-9-31(33)42-2)43-36(44-34(23)26-15-13-25(21-40)14-16-26)27-17-11-24(12-18-27)19-38-35(41)30-20-37-28-7-3-4-8-29(28)39-30/h3-18,20,23,32,34,36,40H,19,21-22H2,1-2H3,(H,38,41)/t23-,32+,34+,36+/m1/s1. The molecule has 0 bridgehead atoms. The summed E-state index contributed by atoms with van der Waals surface area (Å²) in [5.74, 6) is 1.34. The molecule has 9 heteroatoms. The summed E-state index contributed by atoms with van der Waals surface area (Å²) in [4.78, 5) is 22.6. The van der Waals surface area contributed by atoms with Crippen LogP contribution < -0.4 is 10.1 Å². The molecule has 1 fully saturated rings. The molecule has 4 aromatic carbocycles. The minimum absolute atomic E-state index is 0.00622. The number of nitrogens with zero attached hydrogens (tertiary/aromatic N) is 2. The number of nitrogens with one attached hydrogen (secondary N) is 1. The molecule has 0 unspecified atom stereocenters. The highest BCUT2D eigenvalue weighted by Gasteiger charge is 2.38. The third-order valence-electron chi connectivity index (χ3n) is 7.98. The number of ether oxygens (including phenoxy) is 3. The first-order valence-corrected chi connectivity index (χ1v) is 15.9. The summed E-state index contributed by atoms with van der Waals surface area (Å²) in [7, 11) is 1.68. The summed E-state index contributed by atoms with van der Waals surface area (Å²) in [6.07, 6.45) is 0.601. The van der Waals surface area contributed by atoms with Crippen LogP contribution in [0.5, 0.6) is 5.75 Å². The Morgan fingerprint density at radius 2 is 1.58 bits per heavy atom. The Morgan fingerprint density at radius 1 is 0.889 bits per heavy atom. The number of fused-ring (bicyclic) bond motifs is 1. The Kier molecular flexibility index (Phi) is 9.71. The molecule has 1 amide bonds. The number of hydrogen-bond donors (Lipinski definition) is 2. The Hall–Kier alpha value is -4.28. The molecule has 4 atom stereocenters. The number of benzene rings is 4. The SMILES string of the molecule is COc1ccccc1SC[C@@H]1O[C@H](c2ccc(CNC(=O)c3cnc4ccccc4n3)cc2)O[C@H](c2ccc(CO)cc2)[C@@H]1C. The van der Waals surface area contributed by atoms with Gasteiger partial charge in [0.05, 0.1) is 43.2 Å². The number of aliphatic hydroxyl groups is 1. The summed E-state index contributed by atoms with van der Waals surface area (Å²) >= 11 is 1.70. The van der Waals surface area contributed by atoms with E-state index < -0.39 is 6.29 Å². The number of para-hydroxylation sites is 3. The smallest absolute Gasteiger partial charge is 0.271 e. The molecule has 2 heterocycles. The minimum atomic E-state index is -0.580. The zero-order valence-electron chi connectivity index (χ0n) is 25.1. The van der Waals surface area contributed by atoms with Gasteiger partial charge in [0.25, 0.3) is 5.91 Å². The summed E-state index contributed by atoms with van der Waals surface area (Å²) < 4.78 is 18.8. The van der Waals surface area contributed by atoms with Gasteiger partial charge >= 0.3 is 0 Å². The van der Waals surface area contributed by atoms with Crippen molar-refractivity contribution >= 4 is 28.7 Å². The van der Waals surface area contributed by atoms with Crippen molar-refractivity contribution < 1.29 is 24.1 Å². The monoisotopic (exact) mass is 621 g/mol. The van der Waals surface area contributed by atoms with Gasteiger partial charge in [-0.25, -0.2) is 4.98 Å². The van der Waals surface area contributed by atoms with Gasteiger partial charge in [-0.15, -0.1) is 11.8 Å². The lowest BCUT2D eigenvalue weighted by Crippen LogP contribution is -2.38. The van der Waals surface area contributed by atoms with Gasteiger partial charge in [-0.3, -0.25) is 9.78 Å². The molecule has 1 saturated heterocycles. The zero-order chi connectivity index (χ0) is 31.2. The second kappa shape index (κ2) is 14.2. The Labute approximate surface area is 266 Å². The topological polar surface area (TPSA) is 103 Å². The Bertz CT molecular complexity index is 1750. The van der Waals surface area contributed by atoms with Crippen LogP contribution in [0.4, 0.5) is 0 Å². The van der Waals surface area contributed by atoms with Gasteiger partial charge < -0.3 is 24.6 Å². The maximum Gasteiger partial charge on any atom is 0.271 e. The van der Waals surface area contributed by atoms with Crippen molar-refractivity contribution in [1.82, 2.24) is 15.3 Å². The van der Waals surface area contributed by atoms with Crippen molar-refractivity contribution in [2.24, 2.45) is 5.92 Å². The van der Waals surface area contributed by atoms with Gasteiger partial charge in [-0.05, 0) is 41.0 Å². The van der Waals surface area contributed by atoms with Gasteiger partial charge in [0.2, 0.25) is 0 Å². The van der Waals surface area contributed by atoms with E-state index in [9.17, 15) is 9.90 Å². The molecule has 1 aliphatic rings. The number of amides is 1. The second-order valence-electron chi connectivity index (χ2n) is 11.0. The highest BCUT2D eigenvalue weighted by molar-refractivity contribution is 7.99. The first-order valence-electron chi connectivity index (χ1n) is 14.9. The van der Waals surface area contributed by atoms with Crippen molar-refractivity contribution in [3.8, 4) is 5.75 Å². The Morgan fingerprint density at radius 3 is 2.33 bits per heavy atom. The first-order chi connectivity index (χ1) is 22.0. The number of aliphatic hydroxyl groups excluding tert-OH is 1. The molecule has 45 heavy (non-hydrogen) atoms. The third kappa shape index (κ3) is 7.18. The predicted molar refractivity (Wildman–Crippen MR) is 174 cm³/mol. The number of aromatic nitrogens is 2. The Balaban J connectivity index is 1.16. The molecule has 0 saturated carbocycles. The molecule has 230 valence electrons. The molecular formula is C36H35N3O5S. The van der Waals surface area contributed by atoms with E-state index in [0.717, 1.165) is 38.4 Å². The molecule has 8 nitrogen and oxygen atoms in total. The molecule has 0 radical (unpaired) electrons. The van der Waals surface area contributed by atoms with Crippen LogP contribution in [-0.2, 0) is 22.6 Å². The fraction of sp³-hybridized carbons (Fsp3) is 0.250. The van der Waals surface area contributed by atoms with E-state index in [1.165, 1.54) is 6.20 Å². The van der Waals surface area contributed by atoms with Crippen molar-refractivity contribution in [2.45, 2.75) is 43.5 Å². The lowest BCUT2D eigenvalue weighted by molar-refractivity contribution is -0.268. The molecule has 1 aliphatic heterocycles. The van der Waals surface area contributed by atoms with E-state index in [0.29, 0.717) is 17.8 Å². The number of thioether (sulfide) groups is 1. The van der Waals surface area contributed by atoms with Crippen LogP contribution in [0.1, 0.15) is 52.1 Å². The summed E-state index contributed by atoms with van der Waals surface area (Å²) in [6, 6.07) is 31.3. The maximum absolute atomic E-state index is 12.8. The van der Waals surface area contributed by atoms with Gasteiger partial charge in [-0.1, -0.05) is 79.7 Å². The van der Waals surface area contributed by atoms with Crippen molar-refractivity contribution in [2.75, 3.05) is 12.9 Å². The third-order valence-corrected chi connectivity index (χ3v) is 9.13. The number of carbonyl (C=O) groups is 1. The molecule has 5 aromatic rings. The van der Waals surface area contributed by atoms with E-state index in [1.807, 2.05) is 91.0 Å². The average Bonchev–Trinajstić information content (AvgIpc) is 3.10. The fourth-order valence-corrected chi connectivity index (χ4v) is 6.55. The van der Waals surface area contributed by atoms with E-state index in [-0.39, 0.29) is 36.3 Å². The number of methoxy groups -OCH3 is 1. The first kappa shape index (κ1) is 30.7. The molecule has 6 rings (SSSR count). The molecule has 1 aromatic heterocycles. The summed E-state index contributed by atoms with van der Waals surface area (Å²) in [6.45, 7) is 2.49. The van der Waals surface area contributed by atoms with Crippen LogP contribution in [0, 0.1) is 5.92 Å². The van der Waals surface area contributed by atoms with Crippen LogP contribution in [0.25, 0.3) is 11.0 Å². The largest absolute Gasteiger partial charge is 0.496 e.